The smallest absolute Gasteiger partial charge is 0.456 e. The number of nitrogens with two attached hydrogens (primary N) is 1. The summed E-state index contributed by atoms with van der Waals surface area (Å²) >= 11 is 28.3. The van der Waals surface area contributed by atoms with Crippen molar-refractivity contribution >= 4 is 127 Å². The number of hydrogen-bond donors (Lipinski definition) is 9. The number of benzene rings is 3. The van der Waals surface area contributed by atoms with Crippen molar-refractivity contribution in [2.24, 2.45) is 7.05 Å². The van der Waals surface area contributed by atoms with Gasteiger partial charge in [0.1, 0.15) is 30.3 Å². The molecule has 4 aliphatic rings. The number of aliphatic hydroxyl groups is 1. The predicted octanol–water partition coefficient (Wildman–Crippen LogP) is 6.19. The Kier molecular flexibility index (Phi) is 19.5. The Morgan fingerprint density at radius 3 is 2.22 bits per heavy atom. The minimum Gasteiger partial charge on any atom is -0.456 e. The predicted molar refractivity (Wildman–Crippen MR) is 334 cm³/mol. The number of alkyl carbamates (subject to hydrolysis) is 1. The topological polar surface area (TPSA) is 373 Å². The molecule has 35 heteroatoms. The summed E-state index contributed by atoms with van der Waals surface area (Å²) < 4.78 is 70.9. The van der Waals surface area contributed by atoms with Crippen LogP contribution in [0.15, 0.2) is 47.5 Å². The number of phosphoric ester groups is 1. The van der Waals surface area contributed by atoms with Gasteiger partial charge in [0.25, 0.3) is 17.4 Å². The minimum absolute atomic E-state index is 0.0232. The number of amides is 3. The molecule has 90 heavy (non-hydrogen) atoms. The number of nitrogens with zero attached hydrogens (tertiary/aromatic N) is 6. The van der Waals surface area contributed by atoms with E-state index in [-0.39, 0.29) is 91.9 Å². The van der Waals surface area contributed by atoms with E-state index in [9.17, 15) is 43.0 Å². The number of nitrogen functional groups attached to an aromatic ring is 1. The summed E-state index contributed by atoms with van der Waals surface area (Å²) in [7, 11) is -14.4. The van der Waals surface area contributed by atoms with Gasteiger partial charge in [0.2, 0.25) is 23.0 Å². The summed E-state index contributed by atoms with van der Waals surface area (Å²) in [5, 5.41) is 17.7. The minimum atomic E-state index is -5.93. The maximum atomic E-state index is 15.1. The highest BCUT2D eigenvalue weighted by Gasteiger charge is 2.52. The van der Waals surface area contributed by atoms with Gasteiger partial charge in [-0.2, -0.15) is 8.62 Å². The molecular formula is C55H67Cl4N10O18P3+2. The lowest BCUT2D eigenvalue weighted by molar-refractivity contribution is -0.745. The van der Waals surface area contributed by atoms with E-state index in [0.717, 1.165) is 37.9 Å². The van der Waals surface area contributed by atoms with Crippen molar-refractivity contribution in [3.05, 3.63) is 112 Å². The highest BCUT2D eigenvalue weighted by Crippen LogP contribution is 2.66. The lowest BCUT2D eigenvalue weighted by Crippen LogP contribution is -2.49. The Bertz CT molecular complexity index is 4250. The lowest BCUT2D eigenvalue weighted by Gasteiger charge is -2.43. The molecule has 3 aromatic carbocycles. The number of imidazole rings is 1. The van der Waals surface area contributed by atoms with Gasteiger partial charge in [0.15, 0.2) is 18.0 Å². The average molecular weight is 1390 g/mol. The number of H-pyrrole nitrogens is 1. The second-order valence-electron chi connectivity index (χ2n) is 22.8. The number of aryl methyl sites for hydroxylation is 1. The third-order valence-corrected chi connectivity index (χ3v) is 21.3. The quantitative estimate of drug-likeness (QED) is 0.0135. The second-order valence-corrected chi connectivity index (χ2v) is 28.8. The number of anilines is 2. The third-order valence-electron chi connectivity index (χ3n) is 15.7. The van der Waals surface area contributed by atoms with Crippen LogP contribution in [0.4, 0.5) is 16.4 Å². The fourth-order valence-corrected chi connectivity index (χ4v) is 16.1. The maximum absolute atomic E-state index is 15.1. The van der Waals surface area contributed by atoms with Gasteiger partial charge in [0, 0.05) is 98.3 Å². The molecule has 0 aliphatic carbocycles. The number of aromatic nitrogens is 4. The second kappa shape index (κ2) is 25.6. The molecule has 5 aromatic rings. The Hall–Kier alpha value is -5.74. The number of allylic oxidation sites excluding steroid dienone is 2. The molecule has 28 nitrogen and oxygen atoms in total. The summed E-state index contributed by atoms with van der Waals surface area (Å²) in [5.41, 5.74) is 10.5. The SMILES string of the molecule is CCN1c2cc3c(cc2C(C)=CC1(C)C)C(c1c(Cl)c(Cl)c(Cl)c(Cl)c1C(=O)N(C)CCCC(=O)NCCNC(=O)O[C@@H]1[C@H](O)[C@@H](COP(=O)(O)OP(=O)(O)OP(=O)(O)O)O[C@H]1[n+]1cn(C)c2c(=O)[nH]c(N)nc21)=c1cc2c(cc1O3)=[N+](CC)C(C)(C)C=C2C. The molecule has 6 heterocycles. The molecule has 0 radical (unpaired) electrons. The van der Waals surface area contributed by atoms with Gasteiger partial charge in [-0.3, -0.25) is 28.5 Å². The molecule has 0 spiro atoms. The van der Waals surface area contributed by atoms with Gasteiger partial charge in [-0.15, -0.1) is 0 Å². The molecule has 9 rings (SSSR count). The van der Waals surface area contributed by atoms with E-state index in [0.29, 0.717) is 40.9 Å². The molecule has 3 amide bonds. The first kappa shape index (κ1) is 68.6. The van der Waals surface area contributed by atoms with E-state index >= 15 is 4.79 Å². The van der Waals surface area contributed by atoms with Crippen LogP contribution < -0.4 is 51.3 Å². The van der Waals surface area contributed by atoms with Crippen molar-refractivity contribution in [3.63, 3.8) is 0 Å². The molecular weight excluding hydrogens is 1320 g/mol. The summed E-state index contributed by atoms with van der Waals surface area (Å²) in [4.78, 5) is 102. The van der Waals surface area contributed by atoms with Crippen LogP contribution in [0.2, 0.25) is 20.1 Å². The third kappa shape index (κ3) is 13.7. The normalized spacial score (nSPS) is 20.4. The maximum Gasteiger partial charge on any atom is 0.490 e. The van der Waals surface area contributed by atoms with Crippen molar-refractivity contribution in [3.8, 4) is 11.5 Å². The summed E-state index contributed by atoms with van der Waals surface area (Å²) in [6, 6.07) is 8.14. The standard InChI is InChI=1S/C55H65Cl4N10O18P3/c1-11-68-32-20-34-30(18-28(32)26(3)22-54(68,5)6)38(31-19-29-27(4)23-55(7,8)69(12-2)33(29)21-35(31)83-34)39-40(42(57)44(59)43(58)41(39)56)50(73)65(9)17-13-14-37(70)61-15-16-62-53(74)85-47-46(71)36(24-82-89(78,79)87-90(80,81)86-88(75,76)77)84-51(47)67-25-66(10)45-48(67)63-52(60)64-49(45)72/h18-23,25,36,46-47,51,71H,11-17,24H2,1-10H3,(H7-2,60,61,62,63,64,70,72,74,75,76,77,78,79,80,81)/p+2/t36-,46-,47-,51-/m1/s1. The van der Waals surface area contributed by atoms with E-state index in [1.165, 1.54) is 22.8 Å². The van der Waals surface area contributed by atoms with Crippen LogP contribution in [0.3, 0.4) is 0 Å². The number of nitrogens with one attached hydrogen (secondary N) is 3. The molecule has 2 unspecified atom stereocenters. The van der Waals surface area contributed by atoms with Gasteiger partial charge >= 0.3 is 35.2 Å². The fraction of sp³-hybridized carbons (Fsp3) is 0.436. The molecule has 4 aliphatic heterocycles. The number of hydrogen-bond acceptors (Lipinski definition) is 17. The van der Waals surface area contributed by atoms with Crippen LogP contribution in [0.1, 0.15) is 107 Å². The van der Waals surface area contributed by atoms with Crippen molar-refractivity contribution in [2.75, 3.05) is 57.0 Å². The van der Waals surface area contributed by atoms with Crippen LogP contribution in [-0.2, 0) is 48.2 Å². The van der Waals surface area contributed by atoms with Crippen molar-refractivity contribution < 1.29 is 84.7 Å². The average Bonchev–Trinajstić information content (AvgIpc) is 1.07. The van der Waals surface area contributed by atoms with Crippen molar-refractivity contribution in [1.29, 1.82) is 0 Å². The number of likely N-dealkylation sites (N-methyl/N-ethyl adjacent to an activating group) is 2. The monoisotopic (exact) mass is 1390 g/mol. The lowest BCUT2D eigenvalue weighted by atomic mass is 9.83. The number of phosphoric acid groups is 3. The zero-order valence-corrected chi connectivity index (χ0v) is 55.9. The Balaban J connectivity index is 0.913. The van der Waals surface area contributed by atoms with Crippen molar-refractivity contribution in [2.45, 2.75) is 104 Å². The van der Waals surface area contributed by atoms with Gasteiger partial charge < -0.3 is 65.1 Å². The molecule has 0 saturated carbocycles. The fourth-order valence-electron chi connectivity index (χ4n) is 12.0. The number of rotatable bonds is 20. The number of halogens is 4. The number of aliphatic hydroxyl groups excluding tert-OH is 1. The van der Waals surface area contributed by atoms with Crippen LogP contribution in [0.5, 0.6) is 11.5 Å². The Labute approximate surface area is 534 Å². The number of fused-ring (bicyclic) bond motifs is 5. The molecule has 486 valence electrons. The molecule has 0 bridgehead atoms. The van der Waals surface area contributed by atoms with E-state index in [1.807, 2.05) is 24.3 Å². The van der Waals surface area contributed by atoms with Crippen LogP contribution >= 0.6 is 69.9 Å². The van der Waals surface area contributed by atoms with E-state index < -0.39 is 78.1 Å². The van der Waals surface area contributed by atoms with Crippen LogP contribution in [-0.4, -0.2) is 138 Å². The van der Waals surface area contributed by atoms with Crippen LogP contribution in [0, 0.1) is 0 Å². The van der Waals surface area contributed by atoms with E-state index in [2.05, 4.69) is 111 Å². The highest BCUT2D eigenvalue weighted by atomic mass is 35.5. The van der Waals surface area contributed by atoms with Gasteiger partial charge in [-0.05, 0) is 77.3 Å². The van der Waals surface area contributed by atoms with E-state index in [1.54, 1.807) is 7.05 Å². The number of aromatic amines is 1. The number of ether oxygens (including phenoxy) is 3. The van der Waals surface area contributed by atoms with Gasteiger partial charge in [-0.25, -0.2) is 27.6 Å². The first-order valence-corrected chi connectivity index (χ1v) is 34.0. The van der Waals surface area contributed by atoms with Gasteiger partial charge in [-0.1, -0.05) is 57.5 Å². The highest BCUT2D eigenvalue weighted by molar-refractivity contribution is 7.66. The van der Waals surface area contributed by atoms with E-state index in [4.69, 9.17) is 76.1 Å². The Morgan fingerprint density at radius 2 is 1.56 bits per heavy atom. The zero-order chi connectivity index (χ0) is 66.2. The summed E-state index contributed by atoms with van der Waals surface area (Å²) in [5.74, 6) is -0.383. The number of carbonyl (C=O) groups is 3. The summed E-state index contributed by atoms with van der Waals surface area (Å²) in [6.07, 6.45) is -2.52. The first-order chi connectivity index (χ1) is 41.9. The first-order valence-electron chi connectivity index (χ1n) is 28.0. The van der Waals surface area contributed by atoms with Crippen LogP contribution in [0.25, 0.3) is 27.9 Å². The molecule has 1 saturated heterocycles. The van der Waals surface area contributed by atoms with Gasteiger partial charge in [0.05, 0.1) is 50.9 Å². The molecule has 1 fully saturated rings. The number of carbonyl (C=O) groups excluding carboxylic acids is 3. The summed E-state index contributed by atoms with van der Waals surface area (Å²) in [6.45, 7) is 16.7. The Morgan fingerprint density at radius 1 is 0.889 bits per heavy atom. The largest absolute Gasteiger partial charge is 0.490 e. The zero-order valence-electron chi connectivity index (χ0n) is 50.2. The molecule has 2 aromatic heterocycles. The molecule has 10 N–H and O–H groups in total. The molecule has 6 atom stereocenters. The van der Waals surface area contributed by atoms with Crippen molar-refractivity contribution in [1.82, 2.24) is 34.6 Å².